The van der Waals surface area contributed by atoms with E-state index in [9.17, 15) is 10.2 Å². The van der Waals surface area contributed by atoms with Crippen LogP contribution in [0.4, 0.5) is 0 Å². The molecule has 0 aliphatic heterocycles. The maximum absolute atomic E-state index is 9.89. The van der Waals surface area contributed by atoms with E-state index in [1.165, 1.54) is 6.33 Å². The van der Waals surface area contributed by atoms with E-state index in [2.05, 4.69) is 9.97 Å². The predicted octanol–water partition coefficient (Wildman–Crippen LogP) is 1.46. The molecule has 2 N–H and O–H groups in total. The van der Waals surface area contributed by atoms with E-state index in [1.54, 1.807) is 30.5 Å². The zero-order valence-electron chi connectivity index (χ0n) is 8.61. The molecule has 1 heterocycles. The molecule has 0 bridgehead atoms. The summed E-state index contributed by atoms with van der Waals surface area (Å²) in [6.45, 7) is 0. The number of rotatable bonds is 3. The first-order valence-electron chi connectivity index (χ1n) is 4.97. The molecule has 1 atom stereocenters. The number of aromatic nitrogens is 2. The second-order valence-corrected chi connectivity index (χ2v) is 3.52. The third-order valence-electron chi connectivity index (χ3n) is 2.29. The number of phenolic OH excluding ortho intramolecular Hbond substituents is 1. The number of phenols is 1. The minimum Gasteiger partial charge on any atom is -0.508 e. The van der Waals surface area contributed by atoms with Crippen LogP contribution in [0.15, 0.2) is 42.9 Å². The fourth-order valence-corrected chi connectivity index (χ4v) is 1.51. The molecule has 0 aliphatic rings. The third-order valence-corrected chi connectivity index (χ3v) is 2.29. The number of hydrogen-bond acceptors (Lipinski definition) is 4. The summed E-state index contributed by atoms with van der Waals surface area (Å²) >= 11 is 0. The summed E-state index contributed by atoms with van der Waals surface area (Å²) in [6, 6.07) is 8.50. The minimum atomic E-state index is -0.676. The minimum absolute atomic E-state index is 0.201. The highest BCUT2D eigenvalue weighted by Crippen LogP contribution is 2.18. The second kappa shape index (κ2) is 4.72. The van der Waals surface area contributed by atoms with Gasteiger partial charge in [-0.3, -0.25) is 0 Å². The smallest absolute Gasteiger partial charge is 0.115 e. The summed E-state index contributed by atoms with van der Waals surface area (Å²) in [4.78, 5) is 7.76. The van der Waals surface area contributed by atoms with Gasteiger partial charge in [0.1, 0.15) is 18.2 Å². The fourth-order valence-electron chi connectivity index (χ4n) is 1.51. The van der Waals surface area contributed by atoms with Crippen molar-refractivity contribution in [1.29, 1.82) is 0 Å². The lowest BCUT2D eigenvalue weighted by molar-refractivity contribution is 0.173. The molecular formula is C12H12N2O2. The zero-order valence-corrected chi connectivity index (χ0v) is 8.61. The van der Waals surface area contributed by atoms with Crippen molar-refractivity contribution < 1.29 is 10.2 Å². The Hall–Kier alpha value is -1.94. The lowest BCUT2D eigenvalue weighted by atomic mass is 10.1. The van der Waals surface area contributed by atoms with Gasteiger partial charge in [0.2, 0.25) is 0 Å². The van der Waals surface area contributed by atoms with E-state index in [-0.39, 0.29) is 5.75 Å². The first kappa shape index (κ1) is 10.6. The average molecular weight is 216 g/mol. The van der Waals surface area contributed by atoms with Gasteiger partial charge < -0.3 is 10.2 Å². The molecule has 82 valence electrons. The van der Waals surface area contributed by atoms with Crippen molar-refractivity contribution in [2.24, 2.45) is 0 Å². The van der Waals surface area contributed by atoms with Gasteiger partial charge in [-0.2, -0.15) is 0 Å². The lowest BCUT2D eigenvalue weighted by Crippen LogP contribution is -2.04. The number of aromatic hydroxyl groups is 1. The molecule has 0 fully saturated rings. The number of hydrogen-bond donors (Lipinski definition) is 2. The van der Waals surface area contributed by atoms with Crippen LogP contribution in [-0.2, 0) is 6.42 Å². The van der Waals surface area contributed by atoms with Gasteiger partial charge in [0.05, 0.1) is 5.69 Å². The Bertz CT molecular complexity index is 460. The molecule has 0 spiro atoms. The first-order valence-corrected chi connectivity index (χ1v) is 4.97. The maximum atomic E-state index is 9.89. The Balaban J connectivity index is 2.11. The summed E-state index contributed by atoms with van der Waals surface area (Å²) in [7, 11) is 0. The normalized spacial score (nSPS) is 12.3. The van der Waals surface area contributed by atoms with Crippen LogP contribution >= 0.6 is 0 Å². The second-order valence-electron chi connectivity index (χ2n) is 3.52. The molecule has 4 heteroatoms. The van der Waals surface area contributed by atoms with Crippen LogP contribution in [-0.4, -0.2) is 20.2 Å². The fraction of sp³-hybridized carbons (Fsp3) is 0.167. The Morgan fingerprint density at radius 3 is 2.81 bits per heavy atom. The van der Waals surface area contributed by atoms with E-state index in [0.29, 0.717) is 12.1 Å². The van der Waals surface area contributed by atoms with Crippen molar-refractivity contribution in [1.82, 2.24) is 9.97 Å². The van der Waals surface area contributed by atoms with Crippen LogP contribution in [0, 0.1) is 0 Å². The van der Waals surface area contributed by atoms with E-state index in [4.69, 9.17) is 0 Å². The van der Waals surface area contributed by atoms with E-state index in [1.807, 2.05) is 6.07 Å². The predicted molar refractivity (Wildman–Crippen MR) is 58.8 cm³/mol. The molecule has 0 saturated heterocycles. The van der Waals surface area contributed by atoms with Gasteiger partial charge in [-0.25, -0.2) is 9.97 Å². The molecule has 2 rings (SSSR count). The van der Waals surface area contributed by atoms with Crippen LogP contribution in [0.3, 0.4) is 0 Å². The molecule has 2 aromatic rings. The Kier molecular flexibility index (Phi) is 3.12. The Morgan fingerprint density at radius 2 is 2.12 bits per heavy atom. The molecule has 1 unspecified atom stereocenters. The molecule has 16 heavy (non-hydrogen) atoms. The molecule has 0 amide bonds. The average Bonchev–Trinajstić information content (AvgIpc) is 2.30. The summed E-state index contributed by atoms with van der Waals surface area (Å²) in [5.41, 5.74) is 1.45. The third kappa shape index (κ3) is 2.55. The molecule has 0 saturated carbocycles. The van der Waals surface area contributed by atoms with Crippen molar-refractivity contribution in [3.8, 4) is 5.75 Å². The Morgan fingerprint density at radius 1 is 1.25 bits per heavy atom. The van der Waals surface area contributed by atoms with Gasteiger partial charge >= 0.3 is 0 Å². The number of aliphatic hydroxyl groups excluding tert-OH is 1. The molecule has 4 nitrogen and oxygen atoms in total. The largest absolute Gasteiger partial charge is 0.508 e. The molecule has 1 aromatic carbocycles. The van der Waals surface area contributed by atoms with Crippen LogP contribution < -0.4 is 0 Å². The quantitative estimate of drug-likeness (QED) is 0.815. The van der Waals surface area contributed by atoms with Gasteiger partial charge in [-0.15, -0.1) is 0 Å². The van der Waals surface area contributed by atoms with Crippen molar-refractivity contribution in [2.75, 3.05) is 0 Å². The highest BCUT2D eigenvalue weighted by atomic mass is 16.3. The maximum Gasteiger partial charge on any atom is 0.115 e. The van der Waals surface area contributed by atoms with Gasteiger partial charge in [-0.1, -0.05) is 12.1 Å². The molecule has 0 radical (unpaired) electrons. The van der Waals surface area contributed by atoms with Gasteiger partial charge in [-0.05, 0) is 23.8 Å². The van der Waals surface area contributed by atoms with Gasteiger partial charge in [0.15, 0.2) is 0 Å². The van der Waals surface area contributed by atoms with Crippen LogP contribution in [0.25, 0.3) is 0 Å². The highest BCUT2D eigenvalue weighted by Gasteiger charge is 2.09. The summed E-state index contributed by atoms with van der Waals surface area (Å²) in [6.07, 6.45) is 2.74. The SMILES string of the molecule is Oc1cccc(CC(O)c2ccncn2)c1. The van der Waals surface area contributed by atoms with Crippen molar-refractivity contribution in [3.63, 3.8) is 0 Å². The first-order chi connectivity index (χ1) is 7.75. The van der Waals surface area contributed by atoms with E-state index in [0.717, 1.165) is 5.56 Å². The highest BCUT2D eigenvalue weighted by molar-refractivity contribution is 5.28. The van der Waals surface area contributed by atoms with E-state index < -0.39 is 6.10 Å². The Labute approximate surface area is 93.2 Å². The van der Waals surface area contributed by atoms with Gasteiger partial charge in [0.25, 0.3) is 0 Å². The van der Waals surface area contributed by atoms with Gasteiger partial charge in [0, 0.05) is 12.6 Å². The topological polar surface area (TPSA) is 66.2 Å². The summed E-state index contributed by atoms with van der Waals surface area (Å²) in [5, 5.41) is 19.2. The van der Waals surface area contributed by atoms with Crippen molar-refractivity contribution >= 4 is 0 Å². The number of benzene rings is 1. The molecule has 1 aromatic heterocycles. The monoisotopic (exact) mass is 216 g/mol. The zero-order chi connectivity index (χ0) is 11.4. The summed E-state index contributed by atoms with van der Waals surface area (Å²) < 4.78 is 0. The summed E-state index contributed by atoms with van der Waals surface area (Å²) in [5.74, 6) is 0.201. The van der Waals surface area contributed by atoms with Crippen molar-refractivity contribution in [2.45, 2.75) is 12.5 Å². The standard InChI is InChI=1S/C12H12N2O2/c15-10-3-1-2-9(6-10)7-12(16)11-4-5-13-8-14-11/h1-6,8,12,15-16H,7H2. The van der Waals surface area contributed by atoms with Crippen LogP contribution in [0.5, 0.6) is 5.75 Å². The number of nitrogens with zero attached hydrogens (tertiary/aromatic N) is 2. The van der Waals surface area contributed by atoms with Crippen LogP contribution in [0.2, 0.25) is 0 Å². The number of aliphatic hydroxyl groups is 1. The van der Waals surface area contributed by atoms with Crippen molar-refractivity contribution in [3.05, 3.63) is 54.1 Å². The molecule has 0 aliphatic carbocycles. The lowest BCUT2D eigenvalue weighted by Gasteiger charge is -2.09. The van der Waals surface area contributed by atoms with Crippen LogP contribution in [0.1, 0.15) is 17.4 Å². The van der Waals surface area contributed by atoms with E-state index >= 15 is 0 Å². The molecular weight excluding hydrogens is 204 g/mol.